The van der Waals surface area contributed by atoms with Crippen LogP contribution >= 0.6 is 0 Å². The van der Waals surface area contributed by atoms with Crippen molar-refractivity contribution in [3.05, 3.63) is 106 Å². The van der Waals surface area contributed by atoms with Crippen LogP contribution in [-0.4, -0.2) is 36.9 Å². The Labute approximate surface area is 224 Å². The summed E-state index contributed by atoms with van der Waals surface area (Å²) < 4.78 is 10.1. The van der Waals surface area contributed by atoms with Crippen molar-refractivity contribution in [3.63, 3.8) is 0 Å². The third-order valence-corrected chi connectivity index (χ3v) is 6.19. The SMILES string of the molecule is COc1cccc(C=Nc2ccc(C)c(C)c2)c1O.COc1cccc(C=Nc2ccc(C)c(C)c2)c1O. The van der Waals surface area contributed by atoms with Crippen molar-refractivity contribution in [3.8, 4) is 23.0 Å². The highest BCUT2D eigenvalue weighted by molar-refractivity contribution is 5.87. The molecule has 196 valence electrons. The quantitative estimate of drug-likeness (QED) is 0.263. The van der Waals surface area contributed by atoms with Crippen LogP contribution in [0.2, 0.25) is 0 Å². The van der Waals surface area contributed by atoms with E-state index in [1.54, 1.807) is 36.7 Å². The fourth-order valence-corrected chi connectivity index (χ4v) is 3.52. The Hall–Kier alpha value is -4.58. The number of rotatable bonds is 6. The number of hydrogen-bond acceptors (Lipinski definition) is 6. The summed E-state index contributed by atoms with van der Waals surface area (Å²) in [6.07, 6.45) is 3.28. The first-order valence-electron chi connectivity index (χ1n) is 12.2. The minimum Gasteiger partial charge on any atom is -0.504 e. The van der Waals surface area contributed by atoms with E-state index in [2.05, 4.69) is 37.7 Å². The van der Waals surface area contributed by atoms with Gasteiger partial charge in [0.1, 0.15) is 0 Å². The van der Waals surface area contributed by atoms with Gasteiger partial charge in [0.15, 0.2) is 23.0 Å². The van der Waals surface area contributed by atoms with Gasteiger partial charge in [0.05, 0.1) is 25.6 Å². The van der Waals surface area contributed by atoms with Gasteiger partial charge in [-0.1, -0.05) is 24.3 Å². The number of aryl methyl sites for hydroxylation is 4. The van der Waals surface area contributed by atoms with E-state index in [0.29, 0.717) is 22.6 Å². The highest BCUT2D eigenvalue weighted by Gasteiger charge is 2.06. The van der Waals surface area contributed by atoms with Crippen LogP contribution in [0, 0.1) is 27.7 Å². The zero-order valence-electron chi connectivity index (χ0n) is 22.7. The summed E-state index contributed by atoms with van der Waals surface area (Å²) in [5, 5.41) is 19.9. The molecule has 4 aromatic carbocycles. The third kappa shape index (κ3) is 7.23. The summed E-state index contributed by atoms with van der Waals surface area (Å²) in [6.45, 7) is 8.24. The Bertz CT molecular complexity index is 1350. The number of para-hydroxylation sites is 2. The number of phenols is 2. The number of nitrogens with zero attached hydrogens (tertiary/aromatic N) is 2. The highest BCUT2D eigenvalue weighted by Crippen LogP contribution is 2.29. The number of phenolic OH excluding ortho intramolecular Hbond substituents is 2. The molecule has 6 heteroatoms. The second kappa shape index (κ2) is 13.1. The fraction of sp³-hybridized carbons (Fsp3) is 0.188. The Morgan fingerprint density at radius 2 is 0.947 bits per heavy atom. The van der Waals surface area contributed by atoms with Crippen molar-refractivity contribution in [2.75, 3.05) is 14.2 Å². The predicted molar refractivity (Wildman–Crippen MR) is 156 cm³/mol. The van der Waals surface area contributed by atoms with Crippen molar-refractivity contribution in [2.45, 2.75) is 27.7 Å². The standard InChI is InChI=1S/2C16H17NO2/c2*1-11-7-8-14(9-12(11)2)17-10-13-5-4-6-15(19-3)16(13)18/h2*4-10,18H,1-3H3. The third-order valence-electron chi connectivity index (χ3n) is 6.19. The first-order valence-corrected chi connectivity index (χ1v) is 12.2. The topological polar surface area (TPSA) is 83.6 Å². The zero-order valence-corrected chi connectivity index (χ0v) is 22.7. The van der Waals surface area contributed by atoms with E-state index < -0.39 is 0 Å². The molecular weight excluding hydrogens is 476 g/mol. The molecule has 0 fully saturated rings. The van der Waals surface area contributed by atoms with Gasteiger partial charge in [-0.3, -0.25) is 9.98 Å². The molecule has 0 aliphatic rings. The molecule has 0 unspecified atom stereocenters. The lowest BCUT2D eigenvalue weighted by molar-refractivity contribution is 0.373. The summed E-state index contributed by atoms with van der Waals surface area (Å²) in [7, 11) is 3.05. The van der Waals surface area contributed by atoms with Crippen LogP contribution in [0.4, 0.5) is 11.4 Å². The van der Waals surface area contributed by atoms with Crippen molar-refractivity contribution < 1.29 is 19.7 Å². The minimum absolute atomic E-state index is 0.109. The Kier molecular flexibility index (Phi) is 9.66. The maximum absolute atomic E-state index is 9.95. The van der Waals surface area contributed by atoms with Gasteiger partial charge in [0.25, 0.3) is 0 Å². The largest absolute Gasteiger partial charge is 0.504 e. The lowest BCUT2D eigenvalue weighted by atomic mass is 10.1. The van der Waals surface area contributed by atoms with Crippen LogP contribution < -0.4 is 9.47 Å². The summed E-state index contributed by atoms with van der Waals surface area (Å²) in [4.78, 5) is 8.75. The van der Waals surface area contributed by atoms with Crippen LogP contribution in [-0.2, 0) is 0 Å². The Morgan fingerprint density at radius 1 is 0.553 bits per heavy atom. The van der Waals surface area contributed by atoms with E-state index >= 15 is 0 Å². The first kappa shape index (κ1) is 28.0. The predicted octanol–water partition coefficient (Wildman–Crippen LogP) is 7.54. The molecule has 0 radical (unpaired) electrons. The van der Waals surface area contributed by atoms with Crippen molar-refractivity contribution in [1.29, 1.82) is 0 Å². The molecule has 0 aliphatic carbocycles. The van der Waals surface area contributed by atoms with Crippen LogP contribution in [0.3, 0.4) is 0 Å². The molecule has 0 bridgehead atoms. The van der Waals surface area contributed by atoms with E-state index in [0.717, 1.165) is 11.4 Å². The van der Waals surface area contributed by atoms with Gasteiger partial charge in [0.2, 0.25) is 0 Å². The van der Waals surface area contributed by atoms with Crippen molar-refractivity contribution >= 4 is 23.8 Å². The number of ether oxygens (including phenoxy) is 2. The maximum Gasteiger partial charge on any atom is 0.166 e. The van der Waals surface area contributed by atoms with Gasteiger partial charge in [-0.15, -0.1) is 0 Å². The van der Waals surface area contributed by atoms with Crippen molar-refractivity contribution in [2.24, 2.45) is 9.98 Å². The summed E-state index contributed by atoms with van der Waals surface area (Å²) >= 11 is 0. The molecule has 38 heavy (non-hydrogen) atoms. The van der Waals surface area contributed by atoms with Gasteiger partial charge in [-0.25, -0.2) is 0 Å². The molecule has 0 saturated carbocycles. The van der Waals surface area contributed by atoms with Crippen LogP contribution in [0.25, 0.3) is 0 Å². The Morgan fingerprint density at radius 3 is 1.29 bits per heavy atom. The molecule has 0 heterocycles. The Balaban J connectivity index is 0.000000211. The van der Waals surface area contributed by atoms with E-state index in [4.69, 9.17) is 9.47 Å². The molecule has 0 spiro atoms. The molecule has 4 rings (SSSR count). The molecule has 0 amide bonds. The summed E-state index contributed by atoms with van der Waals surface area (Å²) in [5.41, 5.74) is 7.88. The van der Waals surface area contributed by atoms with E-state index in [1.165, 1.54) is 36.5 Å². The second-order valence-corrected chi connectivity index (χ2v) is 8.85. The van der Waals surface area contributed by atoms with Crippen LogP contribution in [0.5, 0.6) is 23.0 Å². The molecule has 0 atom stereocenters. The van der Waals surface area contributed by atoms with Gasteiger partial charge >= 0.3 is 0 Å². The van der Waals surface area contributed by atoms with Gasteiger partial charge in [-0.05, 0) is 98.5 Å². The molecule has 2 N–H and O–H groups in total. The number of methoxy groups -OCH3 is 2. The van der Waals surface area contributed by atoms with Crippen LogP contribution in [0.15, 0.2) is 82.8 Å². The molecule has 0 aliphatic heterocycles. The fourth-order valence-electron chi connectivity index (χ4n) is 3.52. The van der Waals surface area contributed by atoms with E-state index in [9.17, 15) is 10.2 Å². The summed E-state index contributed by atoms with van der Waals surface area (Å²) in [5.74, 6) is 1.11. The highest BCUT2D eigenvalue weighted by atomic mass is 16.5. The maximum atomic E-state index is 9.95. The smallest absolute Gasteiger partial charge is 0.166 e. The van der Waals surface area contributed by atoms with Gasteiger partial charge in [-0.2, -0.15) is 0 Å². The molecule has 6 nitrogen and oxygen atoms in total. The lowest BCUT2D eigenvalue weighted by Gasteiger charge is -2.05. The second-order valence-electron chi connectivity index (χ2n) is 8.85. The average Bonchev–Trinajstić information content (AvgIpc) is 2.91. The number of benzene rings is 4. The molecular formula is C32H34N2O4. The number of hydrogen-bond donors (Lipinski definition) is 2. The minimum atomic E-state index is 0.109. The molecule has 4 aromatic rings. The first-order chi connectivity index (χ1) is 18.2. The van der Waals surface area contributed by atoms with Crippen LogP contribution in [0.1, 0.15) is 33.4 Å². The van der Waals surface area contributed by atoms with E-state index in [-0.39, 0.29) is 11.5 Å². The lowest BCUT2D eigenvalue weighted by Crippen LogP contribution is -1.88. The number of aliphatic imine (C=N–C) groups is 2. The van der Waals surface area contributed by atoms with Gasteiger partial charge < -0.3 is 19.7 Å². The van der Waals surface area contributed by atoms with E-state index in [1.807, 2.05) is 48.5 Å². The van der Waals surface area contributed by atoms with Gasteiger partial charge in [0, 0.05) is 23.6 Å². The zero-order chi connectivity index (χ0) is 27.7. The summed E-state index contributed by atoms with van der Waals surface area (Å²) in [6, 6.07) is 22.7. The average molecular weight is 511 g/mol. The normalized spacial score (nSPS) is 10.9. The molecule has 0 aromatic heterocycles. The monoisotopic (exact) mass is 510 g/mol. The number of aromatic hydroxyl groups is 2. The van der Waals surface area contributed by atoms with Crippen molar-refractivity contribution in [1.82, 2.24) is 0 Å². The molecule has 0 saturated heterocycles.